The second-order valence-electron chi connectivity index (χ2n) is 6.00. The second-order valence-corrected chi connectivity index (χ2v) is 7.77. The van der Waals surface area contributed by atoms with Crippen molar-refractivity contribution < 1.29 is 27.8 Å². The molecule has 140 valence electrons. The molecule has 1 heterocycles. The molecule has 1 aromatic carbocycles. The van der Waals surface area contributed by atoms with Crippen LogP contribution < -0.4 is 10.0 Å². The number of carboxylic acids is 1. The van der Waals surface area contributed by atoms with Crippen LogP contribution in [0.5, 0.6) is 0 Å². The Balaban J connectivity index is 2.17. The average molecular weight is 372 g/mol. The molecule has 2 atom stereocenters. The standard InChI is InChI=1S/C16H24N2O6S/c1-11(10-23-2)18-15-6-5-13(8-14(15)16(19)20)25(21,22)17-9-12-4-3-7-24-12/h5-6,8,11-12,17-18H,3-4,7,9-10H2,1-2H3,(H,19,20). The summed E-state index contributed by atoms with van der Waals surface area (Å²) < 4.78 is 37.7. The minimum atomic E-state index is -3.81. The van der Waals surface area contributed by atoms with Crippen LogP contribution in [0.2, 0.25) is 0 Å². The smallest absolute Gasteiger partial charge is 0.337 e. The number of sulfonamides is 1. The van der Waals surface area contributed by atoms with Crippen molar-refractivity contribution in [2.75, 3.05) is 32.2 Å². The molecule has 3 N–H and O–H groups in total. The van der Waals surface area contributed by atoms with E-state index in [9.17, 15) is 18.3 Å². The molecule has 0 radical (unpaired) electrons. The highest BCUT2D eigenvalue weighted by Gasteiger charge is 2.22. The van der Waals surface area contributed by atoms with Crippen molar-refractivity contribution in [3.05, 3.63) is 23.8 Å². The lowest BCUT2D eigenvalue weighted by Gasteiger charge is -2.17. The van der Waals surface area contributed by atoms with E-state index in [1.54, 1.807) is 7.11 Å². The Labute approximate surface area is 147 Å². The monoisotopic (exact) mass is 372 g/mol. The van der Waals surface area contributed by atoms with Crippen molar-refractivity contribution in [3.8, 4) is 0 Å². The van der Waals surface area contributed by atoms with Crippen LogP contribution in [-0.4, -0.2) is 58.5 Å². The zero-order chi connectivity index (χ0) is 18.4. The van der Waals surface area contributed by atoms with Gasteiger partial charge in [0, 0.05) is 32.0 Å². The van der Waals surface area contributed by atoms with Gasteiger partial charge in [-0.15, -0.1) is 0 Å². The minimum absolute atomic E-state index is 0.0900. The first-order valence-corrected chi connectivity index (χ1v) is 9.56. The van der Waals surface area contributed by atoms with E-state index in [4.69, 9.17) is 9.47 Å². The average Bonchev–Trinajstić information content (AvgIpc) is 3.06. The van der Waals surface area contributed by atoms with Gasteiger partial charge in [0.25, 0.3) is 0 Å². The molecule has 0 saturated carbocycles. The summed E-state index contributed by atoms with van der Waals surface area (Å²) in [5.41, 5.74) is 0.234. The van der Waals surface area contributed by atoms with Gasteiger partial charge in [-0.25, -0.2) is 17.9 Å². The highest BCUT2D eigenvalue weighted by Crippen LogP contribution is 2.22. The summed E-state index contributed by atoms with van der Waals surface area (Å²) in [5, 5.41) is 12.4. The molecule has 0 aromatic heterocycles. The minimum Gasteiger partial charge on any atom is -0.478 e. The van der Waals surface area contributed by atoms with Crippen LogP contribution >= 0.6 is 0 Å². The number of rotatable bonds is 9. The summed E-state index contributed by atoms with van der Waals surface area (Å²) in [5.74, 6) is -1.21. The molecule has 2 rings (SSSR count). The van der Waals surface area contributed by atoms with Crippen molar-refractivity contribution in [3.63, 3.8) is 0 Å². The van der Waals surface area contributed by atoms with Crippen molar-refractivity contribution in [1.82, 2.24) is 4.72 Å². The van der Waals surface area contributed by atoms with Gasteiger partial charge in [0.15, 0.2) is 0 Å². The van der Waals surface area contributed by atoms with Gasteiger partial charge >= 0.3 is 5.97 Å². The fraction of sp³-hybridized carbons (Fsp3) is 0.562. The molecule has 0 spiro atoms. The van der Waals surface area contributed by atoms with Gasteiger partial charge in [0.05, 0.1) is 23.2 Å². The van der Waals surface area contributed by atoms with E-state index in [1.807, 2.05) is 6.92 Å². The van der Waals surface area contributed by atoms with Crippen molar-refractivity contribution in [2.24, 2.45) is 0 Å². The zero-order valence-electron chi connectivity index (χ0n) is 14.3. The van der Waals surface area contributed by atoms with Crippen molar-refractivity contribution >= 4 is 21.7 Å². The van der Waals surface area contributed by atoms with E-state index in [-0.39, 0.29) is 29.1 Å². The molecule has 9 heteroatoms. The Morgan fingerprint density at radius 2 is 2.24 bits per heavy atom. The number of hydrogen-bond donors (Lipinski definition) is 3. The van der Waals surface area contributed by atoms with E-state index >= 15 is 0 Å². The Kier molecular flexibility index (Phi) is 6.77. The third-order valence-electron chi connectivity index (χ3n) is 3.88. The summed E-state index contributed by atoms with van der Waals surface area (Å²) in [6.07, 6.45) is 1.59. The fourth-order valence-electron chi connectivity index (χ4n) is 2.64. The summed E-state index contributed by atoms with van der Waals surface area (Å²) in [6, 6.07) is 3.87. The van der Waals surface area contributed by atoms with E-state index in [0.29, 0.717) is 18.9 Å². The molecule has 1 saturated heterocycles. The van der Waals surface area contributed by atoms with Gasteiger partial charge in [0.2, 0.25) is 10.0 Å². The molecule has 1 fully saturated rings. The number of hydrogen-bond acceptors (Lipinski definition) is 6. The van der Waals surface area contributed by atoms with Crippen LogP contribution in [0, 0.1) is 0 Å². The lowest BCUT2D eigenvalue weighted by Crippen LogP contribution is -2.32. The summed E-state index contributed by atoms with van der Waals surface area (Å²) in [6.45, 7) is 3.04. The van der Waals surface area contributed by atoms with Gasteiger partial charge in [0.1, 0.15) is 0 Å². The molecule has 1 aliphatic rings. The molecule has 25 heavy (non-hydrogen) atoms. The maximum atomic E-state index is 12.4. The Morgan fingerprint density at radius 3 is 2.84 bits per heavy atom. The predicted octanol–water partition coefficient (Wildman–Crippen LogP) is 1.29. The largest absolute Gasteiger partial charge is 0.478 e. The summed E-state index contributed by atoms with van der Waals surface area (Å²) >= 11 is 0. The molecule has 8 nitrogen and oxygen atoms in total. The molecule has 1 aliphatic heterocycles. The number of benzene rings is 1. The predicted molar refractivity (Wildman–Crippen MR) is 92.5 cm³/mol. The number of methoxy groups -OCH3 is 1. The Morgan fingerprint density at radius 1 is 1.48 bits per heavy atom. The first-order chi connectivity index (χ1) is 11.8. The highest BCUT2D eigenvalue weighted by atomic mass is 32.2. The normalized spacial score (nSPS) is 18.9. The van der Waals surface area contributed by atoms with Crippen LogP contribution in [0.4, 0.5) is 5.69 Å². The lowest BCUT2D eigenvalue weighted by molar-refractivity contribution is 0.0697. The number of carbonyl (C=O) groups is 1. The van der Waals surface area contributed by atoms with Crippen LogP contribution in [0.25, 0.3) is 0 Å². The third kappa shape index (κ3) is 5.40. The number of ether oxygens (including phenoxy) is 2. The number of anilines is 1. The van der Waals surface area contributed by atoms with Gasteiger partial charge in [-0.2, -0.15) is 0 Å². The second kappa shape index (κ2) is 8.61. The van der Waals surface area contributed by atoms with Crippen LogP contribution in [0.3, 0.4) is 0 Å². The SMILES string of the molecule is COCC(C)Nc1ccc(S(=O)(=O)NCC2CCCO2)cc1C(=O)O. The maximum absolute atomic E-state index is 12.4. The van der Waals surface area contributed by atoms with E-state index in [0.717, 1.165) is 18.9 Å². The van der Waals surface area contributed by atoms with Gasteiger partial charge < -0.3 is 19.9 Å². The molecule has 0 amide bonds. The van der Waals surface area contributed by atoms with Gasteiger partial charge in [-0.3, -0.25) is 0 Å². The number of carboxylic acid groups (broad SMARTS) is 1. The van der Waals surface area contributed by atoms with Crippen molar-refractivity contribution in [2.45, 2.75) is 36.8 Å². The topological polar surface area (TPSA) is 114 Å². The highest BCUT2D eigenvalue weighted by molar-refractivity contribution is 7.89. The van der Waals surface area contributed by atoms with Gasteiger partial charge in [-0.1, -0.05) is 0 Å². The fourth-order valence-corrected chi connectivity index (χ4v) is 3.73. The quantitative estimate of drug-likeness (QED) is 0.598. The Bertz CT molecular complexity index is 701. The first-order valence-electron chi connectivity index (χ1n) is 8.07. The van der Waals surface area contributed by atoms with E-state index < -0.39 is 16.0 Å². The molecular weight excluding hydrogens is 348 g/mol. The summed E-state index contributed by atoms with van der Waals surface area (Å²) in [7, 11) is -2.26. The van der Waals surface area contributed by atoms with Crippen molar-refractivity contribution in [1.29, 1.82) is 0 Å². The van der Waals surface area contributed by atoms with Crippen LogP contribution in [0.1, 0.15) is 30.1 Å². The Hall–Kier alpha value is -1.68. The number of aromatic carboxylic acids is 1. The summed E-state index contributed by atoms with van der Waals surface area (Å²) in [4.78, 5) is 11.4. The molecular formula is C16H24N2O6S. The van der Waals surface area contributed by atoms with E-state index in [1.165, 1.54) is 12.1 Å². The van der Waals surface area contributed by atoms with Gasteiger partial charge in [-0.05, 0) is 38.0 Å². The third-order valence-corrected chi connectivity index (χ3v) is 5.30. The number of nitrogens with one attached hydrogen (secondary N) is 2. The van der Waals surface area contributed by atoms with Crippen LogP contribution in [0.15, 0.2) is 23.1 Å². The molecule has 1 aromatic rings. The zero-order valence-corrected chi connectivity index (χ0v) is 15.1. The van der Waals surface area contributed by atoms with E-state index in [2.05, 4.69) is 10.0 Å². The molecule has 0 bridgehead atoms. The molecule has 2 unspecified atom stereocenters. The maximum Gasteiger partial charge on any atom is 0.337 e. The lowest BCUT2D eigenvalue weighted by atomic mass is 10.1. The molecule has 0 aliphatic carbocycles. The van der Waals surface area contributed by atoms with Crippen LogP contribution in [-0.2, 0) is 19.5 Å². The first kappa shape index (κ1) is 19.6.